The van der Waals surface area contributed by atoms with Crippen molar-refractivity contribution in [3.63, 3.8) is 0 Å². The maximum Gasteiger partial charge on any atom is 0.122 e. The van der Waals surface area contributed by atoms with Crippen LogP contribution in [0.15, 0.2) is 30.5 Å². The molecule has 0 saturated heterocycles. The summed E-state index contributed by atoms with van der Waals surface area (Å²) in [6.45, 7) is 8.83. The molecule has 0 heterocycles. The summed E-state index contributed by atoms with van der Waals surface area (Å²) in [7, 11) is 1.69. The molecule has 0 aliphatic rings. The lowest BCUT2D eigenvalue weighted by Crippen LogP contribution is -2.27. The molecule has 0 fully saturated rings. The van der Waals surface area contributed by atoms with Gasteiger partial charge in [0.25, 0.3) is 0 Å². The van der Waals surface area contributed by atoms with Gasteiger partial charge in [0.1, 0.15) is 6.73 Å². The molecule has 0 N–H and O–H groups in total. The molecule has 0 aliphatic carbocycles. The molecule has 18 heavy (non-hydrogen) atoms. The molecule has 1 aromatic carbocycles. The summed E-state index contributed by atoms with van der Waals surface area (Å²) in [6, 6.07) is 6.41. The van der Waals surface area contributed by atoms with Crippen LogP contribution in [0.25, 0.3) is 0 Å². The summed E-state index contributed by atoms with van der Waals surface area (Å²) in [5, 5.41) is 0. The lowest BCUT2D eigenvalue weighted by molar-refractivity contribution is 0.203. The molecule has 1 rings (SSSR count). The monoisotopic (exact) mass is 267 g/mol. The van der Waals surface area contributed by atoms with Gasteiger partial charge in [-0.05, 0) is 24.0 Å². The van der Waals surface area contributed by atoms with Crippen LogP contribution in [-0.4, -0.2) is 19.7 Å². The van der Waals surface area contributed by atoms with Crippen LogP contribution in [-0.2, 0) is 17.6 Å². The normalized spacial score (nSPS) is 10.4. The molecule has 0 saturated carbocycles. The van der Waals surface area contributed by atoms with Crippen molar-refractivity contribution in [1.82, 2.24) is 0 Å². The molecule has 0 unspecified atom stereocenters. The fraction of sp³-hybridized carbons (Fsp3) is 0.467. The van der Waals surface area contributed by atoms with Crippen LogP contribution in [0.3, 0.4) is 0 Å². The topological polar surface area (TPSA) is 12.5 Å². The molecule has 0 bridgehead atoms. The third-order valence-corrected chi connectivity index (χ3v) is 3.34. The Morgan fingerprint density at radius 1 is 1.28 bits per heavy atom. The van der Waals surface area contributed by atoms with Gasteiger partial charge in [-0.1, -0.05) is 38.6 Å². The first-order valence-corrected chi connectivity index (χ1v) is 6.83. The molecule has 0 aliphatic heterocycles. The van der Waals surface area contributed by atoms with Gasteiger partial charge in [0.05, 0.1) is 5.88 Å². The van der Waals surface area contributed by atoms with Crippen molar-refractivity contribution in [2.75, 3.05) is 24.6 Å². The molecule has 0 aromatic heterocycles. The maximum absolute atomic E-state index is 5.93. The summed E-state index contributed by atoms with van der Waals surface area (Å²) in [5.41, 5.74) is 4.68. The van der Waals surface area contributed by atoms with Crippen molar-refractivity contribution in [3.05, 3.63) is 41.6 Å². The van der Waals surface area contributed by atoms with Crippen LogP contribution < -0.4 is 4.90 Å². The highest BCUT2D eigenvalue weighted by molar-refractivity contribution is 6.19. The summed E-state index contributed by atoms with van der Waals surface area (Å²) in [5.74, 6) is 0.407. The predicted molar refractivity (Wildman–Crippen MR) is 79.4 cm³/mol. The van der Waals surface area contributed by atoms with Gasteiger partial charge >= 0.3 is 0 Å². The molecule has 0 radical (unpaired) electrons. The van der Waals surface area contributed by atoms with E-state index in [4.69, 9.17) is 16.3 Å². The van der Waals surface area contributed by atoms with E-state index in [2.05, 4.69) is 43.5 Å². The van der Waals surface area contributed by atoms with Gasteiger partial charge in [0.2, 0.25) is 0 Å². The van der Waals surface area contributed by atoms with Crippen molar-refractivity contribution in [2.45, 2.75) is 26.7 Å². The highest BCUT2D eigenvalue weighted by Gasteiger charge is 2.16. The Bertz CT molecular complexity index is 381. The quantitative estimate of drug-likeness (QED) is 0.547. The highest BCUT2D eigenvalue weighted by atomic mass is 35.5. The van der Waals surface area contributed by atoms with E-state index < -0.39 is 0 Å². The average Bonchev–Trinajstić information content (AvgIpc) is 2.43. The van der Waals surface area contributed by atoms with E-state index in [1.807, 2.05) is 0 Å². The zero-order chi connectivity index (χ0) is 13.5. The molecule has 100 valence electrons. The Labute approximate surface area is 115 Å². The standard InChI is InChI=1S/C15H22ClNO/c1-5-13-8-7-9-14(6-2)15(13)17(11-18-4)12(3)10-16/h7-9H,3,5-6,10-11H2,1-2,4H3. The third kappa shape index (κ3) is 3.27. The SMILES string of the molecule is C=C(CCl)N(COC)c1c(CC)cccc1CC. The second-order valence-corrected chi connectivity index (χ2v) is 4.44. The molecule has 1 aromatic rings. The summed E-state index contributed by atoms with van der Waals surface area (Å²) >= 11 is 5.93. The van der Waals surface area contributed by atoms with E-state index in [0.29, 0.717) is 12.6 Å². The van der Waals surface area contributed by atoms with Gasteiger partial charge in [-0.25, -0.2) is 0 Å². The minimum atomic E-state index is 0.407. The van der Waals surface area contributed by atoms with Crippen LogP contribution in [0.5, 0.6) is 0 Å². The summed E-state index contributed by atoms with van der Waals surface area (Å²) in [4.78, 5) is 2.07. The largest absolute Gasteiger partial charge is 0.364 e. The Hall–Kier alpha value is -0.990. The lowest BCUT2D eigenvalue weighted by atomic mass is 10.0. The summed E-state index contributed by atoms with van der Waals surface area (Å²) < 4.78 is 5.29. The number of hydrogen-bond acceptors (Lipinski definition) is 2. The number of alkyl halides is 1. The second kappa shape index (κ2) is 7.45. The van der Waals surface area contributed by atoms with Crippen LogP contribution in [0.2, 0.25) is 0 Å². The predicted octanol–water partition coefficient (Wildman–Crippen LogP) is 3.97. The number of anilines is 1. The number of aryl methyl sites for hydroxylation is 2. The first kappa shape index (κ1) is 15.1. The van der Waals surface area contributed by atoms with Crippen molar-refractivity contribution in [2.24, 2.45) is 0 Å². The number of nitrogens with zero attached hydrogens (tertiary/aromatic N) is 1. The Morgan fingerprint density at radius 3 is 2.22 bits per heavy atom. The van der Waals surface area contributed by atoms with Gasteiger partial charge in [-0.15, -0.1) is 11.6 Å². The van der Waals surface area contributed by atoms with Crippen molar-refractivity contribution < 1.29 is 4.74 Å². The van der Waals surface area contributed by atoms with E-state index >= 15 is 0 Å². The molecule has 0 amide bonds. The number of benzene rings is 1. The van der Waals surface area contributed by atoms with Gasteiger partial charge in [-0.3, -0.25) is 0 Å². The molecule has 2 nitrogen and oxygen atoms in total. The second-order valence-electron chi connectivity index (χ2n) is 4.18. The van der Waals surface area contributed by atoms with E-state index in [0.717, 1.165) is 18.5 Å². The fourth-order valence-electron chi connectivity index (χ4n) is 2.08. The Balaban J connectivity index is 3.28. The number of allylic oxidation sites excluding steroid dienone is 1. The van der Waals surface area contributed by atoms with E-state index in [-0.39, 0.29) is 0 Å². The van der Waals surface area contributed by atoms with Crippen LogP contribution in [0.4, 0.5) is 5.69 Å². The lowest BCUT2D eigenvalue weighted by Gasteiger charge is -2.29. The zero-order valence-corrected chi connectivity index (χ0v) is 12.3. The van der Waals surface area contributed by atoms with E-state index in [1.54, 1.807) is 7.11 Å². The fourth-order valence-corrected chi connectivity index (χ4v) is 2.22. The molecule has 3 heteroatoms. The Kier molecular flexibility index (Phi) is 6.23. The third-order valence-electron chi connectivity index (χ3n) is 3.03. The number of hydrogen-bond donors (Lipinski definition) is 0. The van der Waals surface area contributed by atoms with Crippen molar-refractivity contribution >= 4 is 17.3 Å². The molecule has 0 spiro atoms. The number of methoxy groups -OCH3 is 1. The minimum Gasteiger partial charge on any atom is -0.364 e. The first-order valence-electron chi connectivity index (χ1n) is 6.30. The van der Waals surface area contributed by atoms with Crippen LogP contribution >= 0.6 is 11.6 Å². The van der Waals surface area contributed by atoms with Gasteiger partial charge in [-0.2, -0.15) is 0 Å². The maximum atomic E-state index is 5.93. The number of ether oxygens (including phenoxy) is 1. The number of para-hydroxylation sites is 1. The minimum absolute atomic E-state index is 0.407. The first-order chi connectivity index (χ1) is 8.69. The molecular formula is C15H22ClNO. The van der Waals surface area contributed by atoms with Crippen molar-refractivity contribution in [1.29, 1.82) is 0 Å². The Morgan fingerprint density at radius 2 is 1.83 bits per heavy atom. The average molecular weight is 268 g/mol. The van der Waals surface area contributed by atoms with Gasteiger partial charge in [0, 0.05) is 18.5 Å². The van der Waals surface area contributed by atoms with Crippen molar-refractivity contribution in [3.8, 4) is 0 Å². The van der Waals surface area contributed by atoms with E-state index in [1.165, 1.54) is 16.8 Å². The molecule has 0 atom stereocenters. The highest BCUT2D eigenvalue weighted by Crippen LogP contribution is 2.29. The van der Waals surface area contributed by atoms with E-state index in [9.17, 15) is 0 Å². The smallest absolute Gasteiger partial charge is 0.122 e. The van der Waals surface area contributed by atoms with Crippen LogP contribution in [0.1, 0.15) is 25.0 Å². The van der Waals surface area contributed by atoms with Gasteiger partial charge < -0.3 is 9.64 Å². The number of halogens is 1. The summed E-state index contributed by atoms with van der Waals surface area (Å²) in [6.07, 6.45) is 1.97. The number of rotatable bonds is 7. The van der Waals surface area contributed by atoms with Gasteiger partial charge in [0.15, 0.2) is 0 Å². The molecular weight excluding hydrogens is 246 g/mol. The zero-order valence-electron chi connectivity index (χ0n) is 11.5. The van der Waals surface area contributed by atoms with Crippen LogP contribution in [0, 0.1) is 0 Å².